The number of nitrogens with one attached hydrogen (secondary N) is 1. The maximum absolute atomic E-state index is 12.8. The Labute approximate surface area is 157 Å². The summed E-state index contributed by atoms with van der Waals surface area (Å²) in [5.74, 6) is 1.27. The number of hydrogen-bond acceptors (Lipinski definition) is 6. The molecule has 1 aromatic carbocycles. The molecule has 4 fully saturated rings. The Balaban J connectivity index is 1.20. The van der Waals surface area contributed by atoms with Crippen molar-refractivity contribution in [1.29, 1.82) is 0 Å². The number of carbonyl (C=O) groups is 2. The van der Waals surface area contributed by atoms with Crippen LogP contribution in [0.4, 0.5) is 5.69 Å². The van der Waals surface area contributed by atoms with Crippen LogP contribution >= 0.6 is 0 Å². The smallest absolute Gasteiger partial charge is 0.312 e. The minimum atomic E-state index is -0.724. The highest BCUT2D eigenvalue weighted by molar-refractivity contribution is 5.93. The van der Waals surface area contributed by atoms with Crippen LogP contribution in [0.1, 0.15) is 38.5 Å². The van der Waals surface area contributed by atoms with E-state index in [1.54, 1.807) is 18.2 Å². The molecule has 1 amide bonds. The zero-order valence-electron chi connectivity index (χ0n) is 15.0. The highest BCUT2D eigenvalue weighted by atomic mass is 16.7. The molecule has 2 atom stereocenters. The average Bonchev–Trinajstić information content (AvgIpc) is 3.05. The largest absolute Gasteiger partial charge is 0.455 e. The number of amides is 1. The summed E-state index contributed by atoms with van der Waals surface area (Å²) < 4.78 is 15.9. The highest BCUT2D eigenvalue weighted by Gasteiger charge is 2.60. The molecular weight excluding hydrogens is 350 g/mol. The first kappa shape index (κ1) is 16.9. The summed E-state index contributed by atoms with van der Waals surface area (Å²) in [6, 6.07) is 5.11. The van der Waals surface area contributed by atoms with Crippen LogP contribution in [0.25, 0.3) is 0 Å². The molecule has 0 aromatic heterocycles. The van der Waals surface area contributed by atoms with Crippen LogP contribution in [0.2, 0.25) is 0 Å². The number of ether oxygens (including phenoxy) is 3. The van der Waals surface area contributed by atoms with Crippen molar-refractivity contribution < 1.29 is 28.9 Å². The third-order valence-electron chi connectivity index (χ3n) is 6.45. The highest BCUT2D eigenvalue weighted by Crippen LogP contribution is 2.61. The minimum Gasteiger partial charge on any atom is -0.455 e. The number of carbonyl (C=O) groups excluding carboxylic acids is 2. The Bertz CT molecular complexity index is 792. The van der Waals surface area contributed by atoms with E-state index in [4.69, 9.17) is 14.2 Å². The molecule has 1 heterocycles. The topological polar surface area (TPSA) is 94.1 Å². The molecule has 0 saturated heterocycles. The molecule has 4 bridgehead atoms. The van der Waals surface area contributed by atoms with Gasteiger partial charge in [0.25, 0.3) is 5.91 Å². The van der Waals surface area contributed by atoms with Crippen LogP contribution < -0.4 is 14.8 Å². The second-order valence-electron chi connectivity index (χ2n) is 8.66. The Morgan fingerprint density at radius 2 is 1.89 bits per heavy atom. The van der Waals surface area contributed by atoms with Crippen molar-refractivity contribution in [3.8, 4) is 11.5 Å². The third-order valence-corrected chi connectivity index (χ3v) is 6.45. The van der Waals surface area contributed by atoms with Crippen molar-refractivity contribution in [1.82, 2.24) is 0 Å². The molecule has 144 valence electrons. The van der Waals surface area contributed by atoms with Crippen LogP contribution in [-0.2, 0) is 14.3 Å². The van der Waals surface area contributed by atoms with Gasteiger partial charge in [0.15, 0.2) is 18.1 Å². The Morgan fingerprint density at radius 3 is 2.63 bits per heavy atom. The van der Waals surface area contributed by atoms with Crippen molar-refractivity contribution in [3.63, 3.8) is 0 Å². The fourth-order valence-corrected chi connectivity index (χ4v) is 5.91. The molecule has 2 N–H and O–H groups in total. The van der Waals surface area contributed by atoms with Gasteiger partial charge in [-0.3, -0.25) is 9.59 Å². The normalized spacial score (nSPS) is 35.1. The molecular formula is C20H23NO6. The zero-order chi connectivity index (χ0) is 18.6. The maximum atomic E-state index is 12.8. The Kier molecular flexibility index (Phi) is 3.66. The summed E-state index contributed by atoms with van der Waals surface area (Å²) >= 11 is 0. The van der Waals surface area contributed by atoms with Crippen LogP contribution in [0, 0.1) is 17.3 Å². The molecule has 0 radical (unpaired) electrons. The number of anilines is 1. The van der Waals surface area contributed by atoms with Gasteiger partial charge in [0.05, 0.1) is 11.0 Å². The van der Waals surface area contributed by atoms with Gasteiger partial charge in [0, 0.05) is 11.8 Å². The first-order chi connectivity index (χ1) is 12.9. The molecule has 1 aromatic rings. The summed E-state index contributed by atoms with van der Waals surface area (Å²) in [5.41, 5.74) is -0.778. The molecule has 2 unspecified atom stereocenters. The summed E-state index contributed by atoms with van der Waals surface area (Å²) in [7, 11) is 0. The SMILES string of the molecule is O=C(COC(=O)C12CC3CC(CC(O)(C3)C1)C2)Nc1ccc2c(c1)OCO2. The van der Waals surface area contributed by atoms with Gasteiger partial charge in [-0.15, -0.1) is 0 Å². The molecule has 5 aliphatic rings. The van der Waals surface area contributed by atoms with Gasteiger partial charge in [-0.25, -0.2) is 0 Å². The first-order valence-corrected chi connectivity index (χ1v) is 9.52. The van der Waals surface area contributed by atoms with E-state index in [0.717, 1.165) is 32.1 Å². The van der Waals surface area contributed by atoms with Gasteiger partial charge in [-0.05, 0) is 62.5 Å². The summed E-state index contributed by atoms with van der Waals surface area (Å²) in [4.78, 5) is 25.0. The fraction of sp³-hybridized carbons (Fsp3) is 0.600. The number of aliphatic hydroxyl groups is 1. The van der Waals surface area contributed by atoms with E-state index >= 15 is 0 Å². The number of hydrogen-bond donors (Lipinski definition) is 2. The van der Waals surface area contributed by atoms with Crippen molar-refractivity contribution in [2.75, 3.05) is 18.7 Å². The maximum Gasteiger partial charge on any atom is 0.312 e. The van der Waals surface area contributed by atoms with E-state index in [1.165, 1.54) is 0 Å². The molecule has 7 heteroatoms. The van der Waals surface area contributed by atoms with Crippen LogP contribution in [0.3, 0.4) is 0 Å². The van der Waals surface area contributed by atoms with Crippen LogP contribution in [0.5, 0.6) is 11.5 Å². The van der Waals surface area contributed by atoms with Gasteiger partial charge in [-0.1, -0.05) is 0 Å². The molecule has 0 spiro atoms. The van der Waals surface area contributed by atoms with E-state index in [-0.39, 0.29) is 19.4 Å². The van der Waals surface area contributed by atoms with Crippen molar-refractivity contribution in [2.24, 2.45) is 17.3 Å². The Hall–Kier alpha value is -2.28. The monoisotopic (exact) mass is 373 g/mol. The third kappa shape index (κ3) is 2.94. The lowest BCUT2D eigenvalue weighted by Crippen LogP contribution is -2.58. The number of esters is 1. The van der Waals surface area contributed by atoms with E-state index in [9.17, 15) is 14.7 Å². The number of fused-ring (bicyclic) bond motifs is 1. The second kappa shape index (κ2) is 5.86. The molecule has 4 aliphatic carbocycles. The average molecular weight is 373 g/mol. The van der Waals surface area contributed by atoms with Gasteiger partial charge < -0.3 is 24.6 Å². The standard InChI is InChI=1S/C20H23NO6/c22-17(21-14-1-2-15-16(4-14)27-11-26-15)9-25-18(23)19-5-12-3-13(6-19)8-20(24,7-12)10-19/h1-2,4,12-13,24H,3,5-11H2,(H,21,22). The lowest BCUT2D eigenvalue weighted by molar-refractivity contribution is -0.196. The lowest BCUT2D eigenvalue weighted by Gasteiger charge is -2.58. The predicted octanol–water partition coefficient (Wildman–Crippen LogP) is 2.23. The molecule has 27 heavy (non-hydrogen) atoms. The molecule has 4 saturated carbocycles. The van der Waals surface area contributed by atoms with Crippen LogP contribution in [0.15, 0.2) is 18.2 Å². The van der Waals surface area contributed by atoms with Crippen LogP contribution in [-0.4, -0.2) is 36.0 Å². The van der Waals surface area contributed by atoms with Gasteiger partial charge in [0.2, 0.25) is 6.79 Å². The van der Waals surface area contributed by atoms with E-state index in [1.807, 2.05) is 0 Å². The van der Waals surface area contributed by atoms with Crippen molar-refractivity contribution >= 4 is 17.6 Å². The van der Waals surface area contributed by atoms with E-state index in [2.05, 4.69) is 5.32 Å². The summed E-state index contributed by atoms with van der Waals surface area (Å²) in [6.07, 6.45) is 4.70. The van der Waals surface area contributed by atoms with Crippen molar-refractivity contribution in [2.45, 2.75) is 44.1 Å². The fourth-order valence-electron chi connectivity index (χ4n) is 5.91. The van der Waals surface area contributed by atoms with E-state index < -0.39 is 16.9 Å². The van der Waals surface area contributed by atoms with Crippen molar-refractivity contribution in [3.05, 3.63) is 18.2 Å². The van der Waals surface area contributed by atoms with Gasteiger partial charge in [-0.2, -0.15) is 0 Å². The number of benzene rings is 1. The molecule has 7 nitrogen and oxygen atoms in total. The molecule has 1 aliphatic heterocycles. The lowest BCUT2D eigenvalue weighted by atomic mass is 9.48. The second-order valence-corrected chi connectivity index (χ2v) is 8.66. The van der Waals surface area contributed by atoms with E-state index in [0.29, 0.717) is 35.4 Å². The number of rotatable bonds is 4. The van der Waals surface area contributed by atoms with Gasteiger partial charge >= 0.3 is 5.97 Å². The zero-order valence-corrected chi connectivity index (χ0v) is 15.0. The Morgan fingerprint density at radius 1 is 1.15 bits per heavy atom. The molecule has 6 rings (SSSR count). The summed E-state index contributed by atoms with van der Waals surface area (Å²) in [5, 5.41) is 13.5. The quantitative estimate of drug-likeness (QED) is 0.786. The minimum absolute atomic E-state index is 0.167. The summed E-state index contributed by atoms with van der Waals surface area (Å²) in [6.45, 7) is -0.163. The predicted molar refractivity (Wildman–Crippen MR) is 94.2 cm³/mol. The first-order valence-electron chi connectivity index (χ1n) is 9.52. The van der Waals surface area contributed by atoms with Gasteiger partial charge in [0.1, 0.15) is 0 Å².